The zero-order chi connectivity index (χ0) is 6.95. The summed E-state index contributed by atoms with van der Waals surface area (Å²) >= 11 is 1.83. The van der Waals surface area contributed by atoms with Crippen LogP contribution in [0.2, 0.25) is 0 Å². The van der Waals surface area contributed by atoms with Crippen molar-refractivity contribution in [1.82, 2.24) is 0 Å². The Hall–Kier alpha value is -0.170. The third-order valence-electron chi connectivity index (χ3n) is 0.824. The summed E-state index contributed by atoms with van der Waals surface area (Å²) in [5.41, 5.74) is 0. The lowest BCUT2D eigenvalue weighted by Gasteiger charge is -1.79. The van der Waals surface area contributed by atoms with E-state index < -0.39 is 0 Å². The van der Waals surface area contributed by atoms with Gasteiger partial charge < -0.3 is 0 Å². The first-order valence-electron chi connectivity index (χ1n) is 3.35. The molecule has 1 heteroatoms. The molecule has 0 spiro atoms. The molecule has 0 aliphatic carbocycles. The molecule has 0 aliphatic rings. The Balaban J connectivity index is 3.13. The molecule has 0 aliphatic heterocycles. The smallest absolute Gasteiger partial charge is 0.00544 e. The molecule has 0 saturated carbocycles. The summed E-state index contributed by atoms with van der Waals surface area (Å²) in [5, 5.41) is 2.12. The van der Waals surface area contributed by atoms with Crippen LogP contribution in [-0.2, 0) is 0 Å². The quantitative estimate of drug-likeness (QED) is 0.543. The molecule has 0 nitrogen and oxygen atoms in total. The molecule has 0 bridgehead atoms. The molecule has 0 atom stereocenters. The molecule has 9 heavy (non-hydrogen) atoms. The molecule has 0 rings (SSSR count). The van der Waals surface area contributed by atoms with Gasteiger partial charge in [-0.3, -0.25) is 0 Å². The number of thioether (sulfide) groups is 1. The molecule has 0 aromatic rings. The highest BCUT2D eigenvalue weighted by molar-refractivity contribution is 8.02. The van der Waals surface area contributed by atoms with E-state index in [1.54, 1.807) is 0 Å². The van der Waals surface area contributed by atoms with Gasteiger partial charge in [0.15, 0.2) is 0 Å². The van der Waals surface area contributed by atoms with E-state index in [1.807, 2.05) is 11.8 Å². The molecule has 0 aromatic heterocycles. The van der Waals surface area contributed by atoms with Crippen LogP contribution in [0.1, 0.15) is 20.3 Å². The lowest BCUT2D eigenvalue weighted by Crippen LogP contribution is -1.56. The molecule has 0 N–H and O–H groups in total. The fourth-order valence-corrected chi connectivity index (χ4v) is 0.806. The molecule has 0 unspecified atom stereocenters. The fourth-order valence-electron chi connectivity index (χ4n) is 0.412. The minimum atomic E-state index is 1.13. The maximum Gasteiger partial charge on any atom is -0.00544 e. The van der Waals surface area contributed by atoms with Gasteiger partial charge in [-0.05, 0) is 17.6 Å². The van der Waals surface area contributed by atoms with Crippen molar-refractivity contribution in [2.45, 2.75) is 20.3 Å². The average Bonchev–Trinajstić information content (AvgIpc) is 1.89. The molecule has 0 amide bonds. The van der Waals surface area contributed by atoms with Crippen LogP contribution in [0.5, 0.6) is 0 Å². The van der Waals surface area contributed by atoms with E-state index in [2.05, 4.69) is 37.5 Å². The number of hydrogen-bond acceptors (Lipinski definition) is 1. The third kappa shape index (κ3) is 7.83. The predicted octanol–water partition coefficient (Wildman–Crippen LogP) is 3.22. The molecule has 0 fully saturated rings. The van der Waals surface area contributed by atoms with Gasteiger partial charge in [0.25, 0.3) is 0 Å². The van der Waals surface area contributed by atoms with E-state index >= 15 is 0 Å². The van der Waals surface area contributed by atoms with Crippen LogP contribution in [0.4, 0.5) is 0 Å². The summed E-state index contributed by atoms with van der Waals surface area (Å²) in [5.74, 6) is 1.16. The summed E-state index contributed by atoms with van der Waals surface area (Å²) in [6, 6.07) is 0. The van der Waals surface area contributed by atoms with Crippen molar-refractivity contribution in [3.63, 3.8) is 0 Å². The molecule has 0 heterocycles. The monoisotopic (exact) mass is 142 g/mol. The fraction of sp³-hybridized carbons (Fsp3) is 0.500. The van der Waals surface area contributed by atoms with Gasteiger partial charge in [0.05, 0.1) is 0 Å². The van der Waals surface area contributed by atoms with E-state index in [-0.39, 0.29) is 0 Å². The van der Waals surface area contributed by atoms with Gasteiger partial charge in [-0.1, -0.05) is 32.1 Å². The standard InChI is InChI=1S/C8H14S/c1-3-5-6-7-8-9-4-2/h5-8H,3-4H2,1-2H3/b6-5+,8-7-. The van der Waals surface area contributed by atoms with Crippen molar-refractivity contribution < 1.29 is 0 Å². The van der Waals surface area contributed by atoms with Gasteiger partial charge in [0.1, 0.15) is 0 Å². The van der Waals surface area contributed by atoms with Gasteiger partial charge in [-0.2, -0.15) is 0 Å². The van der Waals surface area contributed by atoms with E-state index in [9.17, 15) is 0 Å². The molecule has 0 saturated heterocycles. The van der Waals surface area contributed by atoms with E-state index in [1.165, 1.54) is 0 Å². The van der Waals surface area contributed by atoms with E-state index in [0.717, 1.165) is 12.2 Å². The largest absolute Gasteiger partial charge is 0.134 e. The number of allylic oxidation sites excluding steroid dienone is 3. The van der Waals surface area contributed by atoms with E-state index in [0.29, 0.717) is 0 Å². The highest BCUT2D eigenvalue weighted by Crippen LogP contribution is 1.99. The molecular formula is C8H14S. The average molecular weight is 142 g/mol. The molecule has 52 valence electrons. The predicted molar refractivity (Wildman–Crippen MR) is 46.7 cm³/mol. The second kappa shape index (κ2) is 7.83. The first-order chi connectivity index (χ1) is 4.41. The Morgan fingerprint density at radius 2 is 2.00 bits per heavy atom. The summed E-state index contributed by atoms with van der Waals surface area (Å²) < 4.78 is 0. The molecular weight excluding hydrogens is 128 g/mol. The van der Waals surface area contributed by atoms with Crippen molar-refractivity contribution in [3.05, 3.63) is 23.6 Å². The van der Waals surface area contributed by atoms with Crippen LogP contribution in [0.25, 0.3) is 0 Å². The highest BCUT2D eigenvalue weighted by Gasteiger charge is 1.68. The Morgan fingerprint density at radius 3 is 2.56 bits per heavy atom. The van der Waals surface area contributed by atoms with Gasteiger partial charge in [0.2, 0.25) is 0 Å². The maximum atomic E-state index is 2.15. The first kappa shape index (κ1) is 8.83. The second-order valence-corrected chi connectivity index (χ2v) is 2.80. The third-order valence-corrected chi connectivity index (χ3v) is 1.51. The van der Waals surface area contributed by atoms with Gasteiger partial charge in [-0.15, -0.1) is 11.8 Å². The van der Waals surface area contributed by atoms with Crippen LogP contribution in [0.3, 0.4) is 0 Å². The highest BCUT2D eigenvalue weighted by atomic mass is 32.2. The van der Waals surface area contributed by atoms with Crippen molar-refractivity contribution >= 4 is 11.8 Å². The van der Waals surface area contributed by atoms with Crippen LogP contribution in [0.15, 0.2) is 23.6 Å². The summed E-state index contributed by atoms with van der Waals surface area (Å²) in [6.07, 6.45) is 7.44. The SMILES string of the molecule is CC/C=C/C=C\SCC. The topological polar surface area (TPSA) is 0 Å². The van der Waals surface area contributed by atoms with Crippen molar-refractivity contribution in [2.75, 3.05) is 5.75 Å². The summed E-state index contributed by atoms with van der Waals surface area (Å²) in [4.78, 5) is 0. The van der Waals surface area contributed by atoms with Crippen LogP contribution in [0, 0.1) is 0 Å². The van der Waals surface area contributed by atoms with E-state index in [4.69, 9.17) is 0 Å². The van der Waals surface area contributed by atoms with Crippen LogP contribution >= 0.6 is 11.8 Å². The van der Waals surface area contributed by atoms with Gasteiger partial charge in [-0.25, -0.2) is 0 Å². The van der Waals surface area contributed by atoms with Gasteiger partial charge in [0, 0.05) is 0 Å². The van der Waals surface area contributed by atoms with Crippen molar-refractivity contribution in [2.24, 2.45) is 0 Å². The van der Waals surface area contributed by atoms with Crippen molar-refractivity contribution in [3.8, 4) is 0 Å². The lowest BCUT2D eigenvalue weighted by atomic mass is 10.4. The normalized spacial score (nSPS) is 11.8. The second-order valence-electron chi connectivity index (χ2n) is 1.62. The lowest BCUT2D eigenvalue weighted by molar-refractivity contribution is 1.22. The van der Waals surface area contributed by atoms with Crippen LogP contribution < -0.4 is 0 Å². The number of hydrogen-bond donors (Lipinski definition) is 0. The Bertz CT molecular complexity index is 92.7. The Labute approximate surface area is 62.0 Å². The zero-order valence-corrected chi connectivity index (χ0v) is 6.95. The maximum absolute atomic E-state index is 2.15. The molecule has 0 radical (unpaired) electrons. The summed E-state index contributed by atoms with van der Waals surface area (Å²) in [6.45, 7) is 4.29. The van der Waals surface area contributed by atoms with Crippen LogP contribution in [-0.4, -0.2) is 5.75 Å². The summed E-state index contributed by atoms with van der Waals surface area (Å²) in [7, 11) is 0. The zero-order valence-electron chi connectivity index (χ0n) is 6.13. The van der Waals surface area contributed by atoms with Gasteiger partial charge >= 0.3 is 0 Å². The van der Waals surface area contributed by atoms with Crippen molar-refractivity contribution in [1.29, 1.82) is 0 Å². The number of rotatable bonds is 4. The Kier molecular flexibility index (Phi) is 7.68. The minimum absolute atomic E-state index is 1.13. The minimum Gasteiger partial charge on any atom is -0.134 e. The Morgan fingerprint density at radius 1 is 1.22 bits per heavy atom. The first-order valence-corrected chi connectivity index (χ1v) is 4.40. The molecule has 0 aromatic carbocycles.